The van der Waals surface area contributed by atoms with Crippen molar-refractivity contribution < 1.29 is 9.59 Å². The maximum absolute atomic E-state index is 12.5. The molecule has 2 aromatic rings. The summed E-state index contributed by atoms with van der Waals surface area (Å²) in [5, 5.41) is 6.56. The van der Waals surface area contributed by atoms with Crippen molar-refractivity contribution in [2.75, 3.05) is 0 Å². The van der Waals surface area contributed by atoms with Gasteiger partial charge in [0.05, 0.1) is 0 Å². The zero-order valence-electron chi connectivity index (χ0n) is 15.2. The largest absolute Gasteiger partial charge is 0.349 e. The van der Waals surface area contributed by atoms with Crippen LogP contribution in [0.15, 0.2) is 42.6 Å². The summed E-state index contributed by atoms with van der Waals surface area (Å²) in [5.74, 6) is -0.454. The molecule has 1 aliphatic carbocycles. The van der Waals surface area contributed by atoms with Gasteiger partial charge in [-0.25, -0.2) is 0 Å². The first-order chi connectivity index (χ1) is 13.1. The van der Waals surface area contributed by atoms with Gasteiger partial charge in [0.2, 0.25) is 0 Å². The lowest BCUT2D eigenvalue weighted by atomic mass is 10.1. The molecule has 142 valence electrons. The van der Waals surface area contributed by atoms with E-state index in [-0.39, 0.29) is 23.6 Å². The summed E-state index contributed by atoms with van der Waals surface area (Å²) in [7, 11) is 0. The van der Waals surface area contributed by atoms with Gasteiger partial charge in [-0.15, -0.1) is 0 Å². The number of nitrogens with zero attached hydrogens (tertiary/aromatic N) is 1. The van der Waals surface area contributed by atoms with Crippen LogP contribution in [0, 0.1) is 0 Å². The molecular weight excluding hydrogens is 362 g/mol. The SMILES string of the molecule is O=C(NC1CCCCCC1)c1ccnc(C(=O)NCc2ccc(Cl)cc2)c1. The number of aromatic nitrogens is 1. The molecule has 1 aliphatic rings. The highest BCUT2D eigenvalue weighted by Crippen LogP contribution is 2.17. The number of amides is 2. The number of benzene rings is 1. The molecule has 0 unspecified atom stereocenters. The third-order valence-corrected chi connectivity index (χ3v) is 5.06. The molecule has 2 amide bonds. The number of halogens is 1. The summed E-state index contributed by atoms with van der Waals surface area (Å²) in [6, 6.07) is 10.7. The van der Waals surface area contributed by atoms with Gasteiger partial charge in [0, 0.05) is 29.4 Å². The molecule has 1 aromatic carbocycles. The zero-order valence-corrected chi connectivity index (χ0v) is 16.0. The summed E-state index contributed by atoms with van der Waals surface area (Å²) >= 11 is 5.86. The predicted octanol–water partition coefficient (Wildman–Crippen LogP) is 4.12. The van der Waals surface area contributed by atoms with E-state index in [0.29, 0.717) is 17.1 Å². The van der Waals surface area contributed by atoms with Gasteiger partial charge in [0.25, 0.3) is 11.8 Å². The average Bonchev–Trinajstić information content (AvgIpc) is 2.96. The Labute approximate surface area is 164 Å². The summed E-state index contributed by atoms with van der Waals surface area (Å²) < 4.78 is 0. The first-order valence-electron chi connectivity index (χ1n) is 9.41. The Morgan fingerprint density at radius 1 is 1.00 bits per heavy atom. The third-order valence-electron chi connectivity index (χ3n) is 4.81. The van der Waals surface area contributed by atoms with E-state index in [4.69, 9.17) is 11.6 Å². The molecule has 0 atom stereocenters. The molecule has 3 rings (SSSR count). The van der Waals surface area contributed by atoms with Crippen molar-refractivity contribution in [3.8, 4) is 0 Å². The highest BCUT2D eigenvalue weighted by atomic mass is 35.5. The zero-order chi connectivity index (χ0) is 19.1. The number of hydrogen-bond acceptors (Lipinski definition) is 3. The van der Waals surface area contributed by atoms with Crippen molar-refractivity contribution in [1.29, 1.82) is 0 Å². The number of carbonyl (C=O) groups excluding carboxylic acids is 2. The molecule has 0 aliphatic heterocycles. The molecule has 6 heteroatoms. The minimum Gasteiger partial charge on any atom is -0.349 e. The van der Waals surface area contributed by atoms with E-state index in [2.05, 4.69) is 15.6 Å². The molecule has 1 fully saturated rings. The lowest BCUT2D eigenvalue weighted by Crippen LogP contribution is -2.34. The van der Waals surface area contributed by atoms with E-state index in [1.165, 1.54) is 19.0 Å². The van der Waals surface area contributed by atoms with Gasteiger partial charge in [-0.1, -0.05) is 49.4 Å². The van der Waals surface area contributed by atoms with Gasteiger partial charge < -0.3 is 10.6 Å². The first kappa shape index (κ1) is 19.4. The summed E-state index contributed by atoms with van der Waals surface area (Å²) in [6.07, 6.45) is 8.31. The molecule has 2 N–H and O–H groups in total. The molecule has 0 bridgehead atoms. The van der Waals surface area contributed by atoms with Crippen molar-refractivity contribution in [3.63, 3.8) is 0 Å². The second kappa shape index (κ2) is 9.51. The van der Waals surface area contributed by atoms with Gasteiger partial charge in [-0.05, 0) is 42.7 Å². The maximum atomic E-state index is 12.5. The van der Waals surface area contributed by atoms with Crippen LogP contribution in [0.2, 0.25) is 5.02 Å². The molecule has 0 saturated heterocycles. The van der Waals surface area contributed by atoms with Gasteiger partial charge in [-0.2, -0.15) is 0 Å². The monoisotopic (exact) mass is 385 g/mol. The quantitative estimate of drug-likeness (QED) is 0.760. The third kappa shape index (κ3) is 5.79. The van der Waals surface area contributed by atoms with E-state index in [1.807, 2.05) is 12.1 Å². The number of rotatable bonds is 5. The molecule has 5 nitrogen and oxygen atoms in total. The van der Waals surface area contributed by atoms with E-state index in [0.717, 1.165) is 31.2 Å². The van der Waals surface area contributed by atoms with Crippen molar-refractivity contribution in [2.24, 2.45) is 0 Å². The van der Waals surface area contributed by atoms with Crippen molar-refractivity contribution >= 4 is 23.4 Å². The lowest BCUT2D eigenvalue weighted by molar-refractivity contribution is 0.0933. The minimum atomic E-state index is -0.311. The molecule has 1 heterocycles. The average molecular weight is 386 g/mol. The molecule has 1 saturated carbocycles. The summed E-state index contributed by atoms with van der Waals surface area (Å²) in [6.45, 7) is 0.371. The second-order valence-electron chi connectivity index (χ2n) is 6.90. The van der Waals surface area contributed by atoms with Crippen LogP contribution in [0.1, 0.15) is 64.9 Å². The Hall–Kier alpha value is -2.40. The standard InChI is InChI=1S/C21H24ClN3O2/c22-17-9-7-15(8-10-17)14-24-21(27)19-13-16(11-12-23-19)20(26)25-18-5-3-1-2-4-6-18/h7-13,18H,1-6,14H2,(H,24,27)(H,25,26). The molecular formula is C21H24ClN3O2. The van der Waals surface area contributed by atoms with Gasteiger partial charge in [0.1, 0.15) is 5.69 Å². The van der Waals surface area contributed by atoms with E-state index in [9.17, 15) is 9.59 Å². The van der Waals surface area contributed by atoms with Crippen LogP contribution in [-0.2, 0) is 6.54 Å². The number of nitrogens with one attached hydrogen (secondary N) is 2. The van der Waals surface area contributed by atoms with Gasteiger partial charge >= 0.3 is 0 Å². The van der Waals surface area contributed by atoms with Crippen LogP contribution in [0.3, 0.4) is 0 Å². The fourth-order valence-corrected chi connectivity index (χ4v) is 3.39. The van der Waals surface area contributed by atoms with Gasteiger partial charge in [-0.3, -0.25) is 14.6 Å². The van der Waals surface area contributed by atoms with Crippen molar-refractivity contribution in [3.05, 3.63) is 64.4 Å². The number of pyridine rings is 1. The van der Waals surface area contributed by atoms with Crippen molar-refractivity contribution in [1.82, 2.24) is 15.6 Å². The fraction of sp³-hybridized carbons (Fsp3) is 0.381. The van der Waals surface area contributed by atoms with Crippen LogP contribution in [0.4, 0.5) is 0 Å². The highest BCUT2D eigenvalue weighted by Gasteiger charge is 2.17. The Kier molecular flexibility index (Phi) is 6.82. The normalized spacial score (nSPS) is 15.0. The number of carbonyl (C=O) groups is 2. The minimum absolute atomic E-state index is 0.143. The Morgan fingerprint density at radius 3 is 2.41 bits per heavy atom. The van der Waals surface area contributed by atoms with E-state index < -0.39 is 0 Å². The number of hydrogen-bond donors (Lipinski definition) is 2. The van der Waals surface area contributed by atoms with Crippen LogP contribution in [-0.4, -0.2) is 22.8 Å². The molecule has 0 spiro atoms. The van der Waals surface area contributed by atoms with E-state index in [1.54, 1.807) is 24.3 Å². The Morgan fingerprint density at radius 2 is 1.70 bits per heavy atom. The summed E-state index contributed by atoms with van der Waals surface area (Å²) in [5.41, 5.74) is 1.64. The fourth-order valence-electron chi connectivity index (χ4n) is 3.26. The maximum Gasteiger partial charge on any atom is 0.270 e. The van der Waals surface area contributed by atoms with Gasteiger partial charge in [0.15, 0.2) is 0 Å². The van der Waals surface area contributed by atoms with Crippen molar-refractivity contribution in [2.45, 2.75) is 51.1 Å². The predicted molar refractivity (Wildman–Crippen MR) is 106 cm³/mol. The van der Waals surface area contributed by atoms with Crippen LogP contribution in [0.25, 0.3) is 0 Å². The Balaban J connectivity index is 1.59. The molecule has 0 radical (unpaired) electrons. The highest BCUT2D eigenvalue weighted by molar-refractivity contribution is 6.30. The molecule has 1 aromatic heterocycles. The smallest absolute Gasteiger partial charge is 0.270 e. The molecule has 27 heavy (non-hydrogen) atoms. The van der Waals surface area contributed by atoms with Crippen LogP contribution >= 0.6 is 11.6 Å². The lowest BCUT2D eigenvalue weighted by Gasteiger charge is -2.16. The van der Waals surface area contributed by atoms with E-state index >= 15 is 0 Å². The van der Waals surface area contributed by atoms with Crippen LogP contribution in [0.5, 0.6) is 0 Å². The first-order valence-corrected chi connectivity index (χ1v) is 9.79. The second-order valence-corrected chi connectivity index (χ2v) is 7.34. The summed E-state index contributed by atoms with van der Waals surface area (Å²) in [4.78, 5) is 29.0. The Bertz CT molecular complexity index is 784. The van der Waals surface area contributed by atoms with Crippen LogP contribution < -0.4 is 10.6 Å². The topological polar surface area (TPSA) is 71.1 Å².